The summed E-state index contributed by atoms with van der Waals surface area (Å²) in [6.07, 6.45) is -4.68. The highest BCUT2D eigenvalue weighted by Crippen LogP contribution is 2.36. The molecule has 0 radical (unpaired) electrons. The second-order valence-electron chi connectivity index (χ2n) is 4.30. The number of nitrogens with zero attached hydrogens (tertiary/aromatic N) is 1. The van der Waals surface area contributed by atoms with Crippen LogP contribution in [0.25, 0.3) is 11.4 Å². The minimum Gasteiger partial charge on any atom is -0.314 e. The molecule has 0 bridgehead atoms. The van der Waals surface area contributed by atoms with Gasteiger partial charge >= 0.3 is 6.18 Å². The summed E-state index contributed by atoms with van der Waals surface area (Å²) in [6.45, 7) is 0.202. The number of nitrogens with one attached hydrogen (secondary N) is 2. The molecule has 0 atom stereocenters. The molecule has 0 aliphatic rings. The van der Waals surface area contributed by atoms with Crippen LogP contribution in [0.1, 0.15) is 11.3 Å². The van der Waals surface area contributed by atoms with E-state index in [-0.39, 0.29) is 18.1 Å². The normalized spacial score (nSPS) is 11.7. The van der Waals surface area contributed by atoms with E-state index >= 15 is 0 Å². The average Bonchev–Trinajstić information content (AvgIpc) is 2.36. The molecule has 0 aliphatic heterocycles. The Morgan fingerprint density at radius 1 is 1.29 bits per heavy atom. The lowest BCUT2D eigenvalue weighted by atomic mass is 10.1. The maximum absolute atomic E-state index is 13.3. The van der Waals surface area contributed by atoms with E-state index in [9.17, 15) is 22.4 Å². The van der Waals surface area contributed by atoms with Gasteiger partial charge in [-0.3, -0.25) is 4.79 Å². The van der Waals surface area contributed by atoms with E-state index in [1.807, 2.05) is 0 Å². The van der Waals surface area contributed by atoms with Gasteiger partial charge in [0.05, 0.1) is 11.3 Å². The molecule has 0 saturated heterocycles. The first kappa shape index (κ1) is 15.2. The first-order valence-electron chi connectivity index (χ1n) is 5.93. The third-order valence-corrected chi connectivity index (χ3v) is 2.69. The van der Waals surface area contributed by atoms with Crippen molar-refractivity contribution in [2.45, 2.75) is 12.7 Å². The quantitative estimate of drug-likeness (QED) is 0.855. The van der Waals surface area contributed by atoms with E-state index in [0.717, 1.165) is 6.07 Å². The largest absolute Gasteiger partial charge is 0.417 e. The van der Waals surface area contributed by atoms with Gasteiger partial charge in [-0.25, -0.2) is 9.37 Å². The number of halogens is 4. The van der Waals surface area contributed by atoms with Crippen molar-refractivity contribution in [1.82, 2.24) is 15.3 Å². The van der Waals surface area contributed by atoms with Gasteiger partial charge in [0.2, 0.25) is 0 Å². The molecule has 0 saturated carbocycles. The molecule has 0 unspecified atom stereocenters. The van der Waals surface area contributed by atoms with Crippen molar-refractivity contribution in [2.24, 2.45) is 0 Å². The Kier molecular flexibility index (Phi) is 4.08. The van der Waals surface area contributed by atoms with Gasteiger partial charge < -0.3 is 10.3 Å². The first-order valence-corrected chi connectivity index (χ1v) is 5.93. The fourth-order valence-electron chi connectivity index (χ4n) is 1.87. The summed E-state index contributed by atoms with van der Waals surface area (Å²) in [5.41, 5.74) is -1.91. The van der Waals surface area contributed by atoms with Crippen LogP contribution in [0.15, 0.2) is 29.1 Å². The van der Waals surface area contributed by atoms with E-state index in [1.54, 1.807) is 7.05 Å². The van der Waals surface area contributed by atoms with E-state index in [2.05, 4.69) is 15.3 Å². The van der Waals surface area contributed by atoms with Gasteiger partial charge in [-0.1, -0.05) is 0 Å². The fourth-order valence-corrected chi connectivity index (χ4v) is 1.87. The third-order valence-electron chi connectivity index (χ3n) is 2.69. The summed E-state index contributed by atoms with van der Waals surface area (Å²) in [5.74, 6) is -1.17. The van der Waals surface area contributed by atoms with E-state index < -0.39 is 28.7 Å². The molecule has 1 heterocycles. The van der Waals surface area contributed by atoms with Crippen molar-refractivity contribution < 1.29 is 17.6 Å². The van der Waals surface area contributed by atoms with E-state index in [4.69, 9.17) is 0 Å². The molecule has 1 aromatic heterocycles. The van der Waals surface area contributed by atoms with E-state index in [0.29, 0.717) is 18.2 Å². The molecule has 2 N–H and O–H groups in total. The third kappa shape index (κ3) is 3.46. The van der Waals surface area contributed by atoms with Gasteiger partial charge in [-0.15, -0.1) is 0 Å². The van der Waals surface area contributed by atoms with Crippen molar-refractivity contribution in [2.75, 3.05) is 7.05 Å². The number of aromatic amines is 1. The molecular weight excluding hydrogens is 290 g/mol. The predicted molar refractivity (Wildman–Crippen MR) is 68.0 cm³/mol. The molecule has 0 aliphatic carbocycles. The van der Waals surface area contributed by atoms with Gasteiger partial charge in [0.1, 0.15) is 11.6 Å². The van der Waals surface area contributed by atoms with Crippen LogP contribution in [0.4, 0.5) is 17.6 Å². The number of benzene rings is 1. The molecular formula is C13H11F4N3O. The van der Waals surface area contributed by atoms with Crippen LogP contribution in [-0.4, -0.2) is 17.0 Å². The summed E-state index contributed by atoms with van der Waals surface area (Å²) in [4.78, 5) is 17.6. The summed E-state index contributed by atoms with van der Waals surface area (Å²) in [7, 11) is 1.60. The lowest BCUT2D eigenvalue weighted by Crippen LogP contribution is -2.16. The molecule has 0 amide bonds. The van der Waals surface area contributed by atoms with Gasteiger partial charge in [-0.2, -0.15) is 13.2 Å². The fraction of sp³-hybridized carbons (Fsp3) is 0.231. The zero-order valence-corrected chi connectivity index (χ0v) is 10.9. The number of aromatic nitrogens is 2. The number of H-pyrrole nitrogens is 1. The Bertz CT molecular complexity index is 709. The van der Waals surface area contributed by atoms with Crippen molar-refractivity contribution in [3.05, 3.63) is 51.7 Å². The van der Waals surface area contributed by atoms with Crippen molar-refractivity contribution in [1.29, 1.82) is 0 Å². The Hall–Kier alpha value is -2.22. The van der Waals surface area contributed by atoms with Gasteiger partial charge in [0, 0.05) is 18.2 Å². The summed E-state index contributed by atoms with van der Waals surface area (Å²) in [6, 6.07) is 3.19. The molecule has 0 spiro atoms. The van der Waals surface area contributed by atoms with Gasteiger partial charge in [0.25, 0.3) is 5.56 Å². The topological polar surface area (TPSA) is 57.8 Å². The highest BCUT2D eigenvalue weighted by Gasteiger charge is 2.34. The van der Waals surface area contributed by atoms with Crippen molar-refractivity contribution in [3.63, 3.8) is 0 Å². The SMILES string of the molecule is CNCc1cc(=O)[nH]c(-c2cc(F)ccc2C(F)(F)F)n1. The Balaban J connectivity index is 2.66. The highest BCUT2D eigenvalue weighted by molar-refractivity contribution is 5.61. The lowest BCUT2D eigenvalue weighted by Gasteiger charge is -2.12. The Labute approximate surface area is 116 Å². The summed E-state index contributed by atoms with van der Waals surface area (Å²) >= 11 is 0. The summed E-state index contributed by atoms with van der Waals surface area (Å²) in [5, 5.41) is 2.73. The lowest BCUT2D eigenvalue weighted by molar-refractivity contribution is -0.137. The second kappa shape index (κ2) is 5.65. The monoisotopic (exact) mass is 301 g/mol. The minimum absolute atomic E-state index is 0.202. The molecule has 1 aromatic carbocycles. The van der Waals surface area contributed by atoms with E-state index in [1.165, 1.54) is 0 Å². The molecule has 2 rings (SSSR count). The Morgan fingerprint density at radius 3 is 2.62 bits per heavy atom. The maximum atomic E-state index is 13.3. The zero-order valence-electron chi connectivity index (χ0n) is 10.9. The van der Waals surface area contributed by atoms with Crippen molar-refractivity contribution in [3.8, 4) is 11.4 Å². The standard InChI is InChI=1S/C13H11F4N3O/c1-18-6-8-5-11(21)20-12(19-8)9-4-7(14)2-3-10(9)13(15,16)17/h2-5,18H,6H2,1H3,(H,19,20,21). The zero-order chi connectivity index (χ0) is 15.6. The van der Waals surface area contributed by atoms with Gasteiger partial charge in [0.15, 0.2) is 0 Å². The molecule has 4 nitrogen and oxygen atoms in total. The van der Waals surface area contributed by atoms with Crippen LogP contribution in [-0.2, 0) is 12.7 Å². The number of rotatable bonds is 3. The van der Waals surface area contributed by atoms with Crippen LogP contribution in [0.5, 0.6) is 0 Å². The molecule has 112 valence electrons. The number of hydrogen-bond donors (Lipinski definition) is 2. The van der Waals surface area contributed by atoms with Crippen LogP contribution in [0.2, 0.25) is 0 Å². The van der Waals surface area contributed by atoms with Crippen molar-refractivity contribution >= 4 is 0 Å². The predicted octanol–water partition coefficient (Wildman–Crippen LogP) is 2.31. The highest BCUT2D eigenvalue weighted by atomic mass is 19.4. The number of hydrogen-bond acceptors (Lipinski definition) is 3. The first-order chi connectivity index (χ1) is 9.81. The molecule has 21 heavy (non-hydrogen) atoms. The second-order valence-corrected chi connectivity index (χ2v) is 4.30. The van der Waals surface area contributed by atoms with Crippen LogP contribution >= 0.6 is 0 Å². The molecule has 2 aromatic rings. The number of alkyl halides is 3. The van der Waals surface area contributed by atoms with Crippen LogP contribution in [0.3, 0.4) is 0 Å². The average molecular weight is 301 g/mol. The summed E-state index contributed by atoms with van der Waals surface area (Å²) < 4.78 is 52.2. The smallest absolute Gasteiger partial charge is 0.314 e. The maximum Gasteiger partial charge on any atom is 0.417 e. The molecule has 0 fully saturated rings. The van der Waals surface area contributed by atoms with Crippen LogP contribution < -0.4 is 10.9 Å². The Morgan fingerprint density at radius 2 is 2.00 bits per heavy atom. The van der Waals surface area contributed by atoms with Crippen LogP contribution in [0, 0.1) is 5.82 Å². The van der Waals surface area contributed by atoms with Gasteiger partial charge in [-0.05, 0) is 25.2 Å². The minimum atomic E-state index is -4.68. The molecule has 8 heteroatoms.